The molecule has 1 fully saturated rings. The molecule has 162 valence electrons. The zero-order valence-electron chi connectivity index (χ0n) is 16.2. The smallest absolute Gasteiger partial charge is 0.242 e. The van der Waals surface area contributed by atoms with Gasteiger partial charge in [-0.25, -0.2) is 13.1 Å². The summed E-state index contributed by atoms with van der Waals surface area (Å²) in [5, 5.41) is 11.0. The number of hydrogen-bond acceptors (Lipinski definition) is 7. The van der Waals surface area contributed by atoms with Crippen molar-refractivity contribution in [2.75, 3.05) is 12.3 Å². The van der Waals surface area contributed by atoms with Gasteiger partial charge < -0.3 is 10.6 Å². The first-order chi connectivity index (χ1) is 14.7. The topological polar surface area (TPSA) is 116 Å². The van der Waals surface area contributed by atoms with E-state index in [9.17, 15) is 13.2 Å². The third-order valence-electron chi connectivity index (χ3n) is 5.19. The second-order valence-electron chi connectivity index (χ2n) is 7.26. The van der Waals surface area contributed by atoms with Gasteiger partial charge in [0.1, 0.15) is 6.04 Å². The SMILES string of the molecule is N#Cc1ccc(N)c(CN2CC[C@H](NS(=O)(=O)C3(Cl)CC=C(c4cccs4)S3)C2=O)c1. The molecule has 0 bridgehead atoms. The normalized spacial score (nSPS) is 23.7. The van der Waals surface area contributed by atoms with Crippen molar-refractivity contribution in [1.29, 1.82) is 5.26 Å². The van der Waals surface area contributed by atoms with E-state index in [-0.39, 0.29) is 18.9 Å². The Balaban J connectivity index is 1.43. The second kappa shape index (κ2) is 8.48. The van der Waals surface area contributed by atoms with E-state index in [2.05, 4.69) is 4.72 Å². The fourth-order valence-corrected chi connectivity index (χ4v) is 7.64. The zero-order chi connectivity index (χ0) is 22.2. The summed E-state index contributed by atoms with van der Waals surface area (Å²) in [5.41, 5.74) is 7.55. The van der Waals surface area contributed by atoms with Crippen LogP contribution < -0.4 is 10.5 Å². The van der Waals surface area contributed by atoms with E-state index in [1.165, 1.54) is 16.2 Å². The molecule has 3 heterocycles. The summed E-state index contributed by atoms with van der Waals surface area (Å²) in [7, 11) is -4.00. The van der Waals surface area contributed by atoms with Crippen LogP contribution in [0.3, 0.4) is 0 Å². The van der Waals surface area contributed by atoms with Gasteiger partial charge in [0.15, 0.2) is 0 Å². The van der Waals surface area contributed by atoms with Crippen molar-refractivity contribution in [2.24, 2.45) is 0 Å². The Bertz CT molecular complexity index is 1190. The molecular weight excluding hydrogens is 476 g/mol. The Hall–Kier alpha value is -2.03. The van der Waals surface area contributed by atoms with Gasteiger partial charge in [-0.3, -0.25) is 4.79 Å². The number of nitrogen functional groups attached to an aromatic ring is 1. The van der Waals surface area contributed by atoms with Crippen molar-refractivity contribution >= 4 is 61.2 Å². The Morgan fingerprint density at radius 3 is 2.90 bits per heavy atom. The summed E-state index contributed by atoms with van der Waals surface area (Å²) < 4.78 is 27.0. The number of benzene rings is 1. The molecule has 3 N–H and O–H groups in total. The van der Waals surface area contributed by atoms with Gasteiger partial charge in [0.05, 0.1) is 11.6 Å². The van der Waals surface area contributed by atoms with E-state index < -0.39 is 19.6 Å². The van der Waals surface area contributed by atoms with E-state index >= 15 is 0 Å². The van der Waals surface area contributed by atoms with E-state index in [4.69, 9.17) is 22.6 Å². The van der Waals surface area contributed by atoms with Crippen LogP contribution in [0, 0.1) is 11.3 Å². The van der Waals surface area contributed by atoms with Crippen LogP contribution in [0.15, 0.2) is 41.8 Å². The van der Waals surface area contributed by atoms with Crippen molar-refractivity contribution in [1.82, 2.24) is 9.62 Å². The molecule has 1 aromatic carbocycles. The van der Waals surface area contributed by atoms with Gasteiger partial charge in [-0.15, -0.1) is 11.3 Å². The average molecular weight is 495 g/mol. The summed E-state index contributed by atoms with van der Waals surface area (Å²) in [4.78, 5) is 16.2. The molecule has 2 aliphatic rings. The van der Waals surface area contributed by atoms with Gasteiger partial charge in [0.25, 0.3) is 0 Å². The third-order valence-corrected chi connectivity index (χ3v) is 10.8. The van der Waals surface area contributed by atoms with E-state index in [1.807, 2.05) is 29.7 Å². The lowest BCUT2D eigenvalue weighted by Crippen LogP contribution is -2.47. The van der Waals surface area contributed by atoms with Crippen LogP contribution in [0.25, 0.3) is 4.91 Å². The molecule has 2 atom stereocenters. The first kappa shape index (κ1) is 22.2. The number of nitriles is 1. The Morgan fingerprint density at radius 1 is 1.39 bits per heavy atom. The van der Waals surface area contributed by atoms with Crippen molar-refractivity contribution in [3.05, 3.63) is 57.8 Å². The molecule has 1 aromatic heterocycles. The van der Waals surface area contributed by atoms with Gasteiger partial charge >= 0.3 is 0 Å². The minimum atomic E-state index is -4.00. The lowest BCUT2D eigenvalue weighted by atomic mass is 10.1. The zero-order valence-corrected chi connectivity index (χ0v) is 19.5. The van der Waals surface area contributed by atoms with Gasteiger partial charge in [-0.2, -0.15) is 5.26 Å². The molecule has 2 aliphatic heterocycles. The van der Waals surface area contributed by atoms with Gasteiger partial charge in [-0.05, 0) is 41.6 Å². The second-order valence-corrected chi connectivity index (χ2v) is 12.8. The molecule has 0 saturated carbocycles. The van der Waals surface area contributed by atoms with Gasteiger partial charge in [0.2, 0.25) is 19.5 Å². The number of carbonyl (C=O) groups excluding carboxylic acids is 1. The number of likely N-dealkylation sites (tertiary alicyclic amines) is 1. The number of amides is 1. The number of halogens is 1. The highest BCUT2D eigenvalue weighted by Crippen LogP contribution is 2.53. The molecule has 7 nitrogen and oxygen atoms in total. The third kappa shape index (κ3) is 4.33. The number of hydrogen-bond donors (Lipinski definition) is 2. The summed E-state index contributed by atoms with van der Waals surface area (Å²) in [6, 6.07) is 9.85. The molecule has 0 aliphatic carbocycles. The van der Waals surface area contributed by atoms with Gasteiger partial charge in [0, 0.05) is 35.0 Å². The maximum absolute atomic E-state index is 13.1. The molecule has 1 amide bonds. The Kier molecular flexibility index (Phi) is 6.07. The number of rotatable bonds is 6. The number of nitrogens with two attached hydrogens (primary N) is 1. The summed E-state index contributed by atoms with van der Waals surface area (Å²) in [6.07, 6.45) is 2.29. The van der Waals surface area contributed by atoms with Crippen LogP contribution in [-0.2, 0) is 21.4 Å². The average Bonchev–Trinajstić information content (AvgIpc) is 3.47. The number of sulfonamides is 1. The highest BCUT2D eigenvalue weighted by atomic mass is 35.5. The van der Waals surface area contributed by atoms with E-state index in [0.29, 0.717) is 29.8 Å². The highest BCUT2D eigenvalue weighted by molar-refractivity contribution is 8.21. The number of alkyl halides is 1. The number of anilines is 1. The highest BCUT2D eigenvalue weighted by Gasteiger charge is 2.49. The standard InChI is InChI=1S/C20H19ClN4O3S3/c21-20(7-5-18(30-20)17-2-1-9-29-17)31(27,28)24-16-6-8-25(19(16)26)12-14-10-13(11-22)3-4-15(14)23/h1-5,9-10,16,24H,6-8,12,23H2/t16-,20?/m0/s1. The Morgan fingerprint density at radius 2 is 2.19 bits per heavy atom. The first-order valence-electron chi connectivity index (χ1n) is 9.43. The lowest BCUT2D eigenvalue weighted by molar-refractivity contribution is -0.129. The molecule has 0 spiro atoms. The summed E-state index contributed by atoms with van der Waals surface area (Å²) >= 11 is 9.12. The monoisotopic (exact) mass is 494 g/mol. The minimum absolute atomic E-state index is 0.143. The number of nitrogens with zero attached hydrogens (tertiary/aromatic N) is 2. The van der Waals surface area contributed by atoms with Crippen LogP contribution in [-0.4, -0.2) is 35.3 Å². The number of thioether (sulfide) groups is 1. The minimum Gasteiger partial charge on any atom is -0.398 e. The van der Waals surface area contributed by atoms with Gasteiger partial charge in [-0.1, -0.05) is 35.5 Å². The van der Waals surface area contributed by atoms with Crippen molar-refractivity contribution in [2.45, 2.75) is 29.0 Å². The number of thiophene rings is 1. The van der Waals surface area contributed by atoms with Crippen molar-refractivity contribution in [3.63, 3.8) is 0 Å². The fourth-order valence-electron chi connectivity index (χ4n) is 3.49. The number of carbonyl (C=O) groups is 1. The summed E-state index contributed by atoms with van der Waals surface area (Å²) in [5.74, 6) is -0.333. The van der Waals surface area contributed by atoms with Crippen LogP contribution in [0.5, 0.6) is 0 Å². The van der Waals surface area contributed by atoms with Crippen LogP contribution >= 0.6 is 34.7 Å². The molecule has 2 aromatic rings. The van der Waals surface area contributed by atoms with E-state index in [0.717, 1.165) is 21.5 Å². The first-order valence-corrected chi connectivity index (χ1v) is 13.0. The van der Waals surface area contributed by atoms with Crippen molar-refractivity contribution in [3.8, 4) is 6.07 Å². The summed E-state index contributed by atoms with van der Waals surface area (Å²) in [6.45, 7) is 0.590. The fraction of sp³-hybridized carbons (Fsp3) is 0.300. The molecule has 0 radical (unpaired) electrons. The number of allylic oxidation sites excluding steroid dienone is 1. The number of nitrogens with one attached hydrogen (secondary N) is 1. The Labute approximate surface area is 193 Å². The molecule has 4 rings (SSSR count). The molecule has 11 heteroatoms. The van der Waals surface area contributed by atoms with Crippen LogP contribution in [0.1, 0.15) is 28.8 Å². The molecule has 1 saturated heterocycles. The van der Waals surface area contributed by atoms with E-state index in [1.54, 1.807) is 18.2 Å². The maximum Gasteiger partial charge on any atom is 0.242 e. The predicted molar refractivity (Wildman–Crippen MR) is 125 cm³/mol. The largest absolute Gasteiger partial charge is 0.398 e. The quantitative estimate of drug-likeness (QED) is 0.470. The predicted octanol–water partition coefficient (Wildman–Crippen LogP) is 3.29. The van der Waals surface area contributed by atoms with Crippen LogP contribution in [0.2, 0.25) is 0 Å². The van der Waals surface area contributed by atoms with Crippen LogP contribution in [0.4, 0.5) is 5.69 Å². The lowest BCUT2D eigenvalue weighted by Gasteiger charge is -2.24. The molecule has 31 heavy (non-hydrogen) atoms. The van der Waals surface area contributed by atoms with Crippen molar-refractivity contribution < 1.29 is 13.2 Å². The molecule has 1 unspecified atom stereocenters. The molecular formula is C20H19ClN4O3S3. The maximum atomic E-state index is 13.1.